The molecule has 4 aliphatic carbocycles. The maximum Gasteiger partial charge on any atom is 0.465 e. The van der Waals surface area contributed by atoms with Crippen LogP contribution in [0.4, 0.5) is 0 Å². The van der Waals surface area contributed by atoms with Crippen molar-refractivity contribution in [1.82, 2.24) is 0 Å². The van der Waals surface area contributed by atoms with Gasteiger partial charge in [-0.25, -0.2) is 0 Å². The van der Waals surface area contributed by atoms with E-state index in [4.69, 9.17) is 9.31 Å². The molecule has 0 bridgehead atoms. The molecule has 0 aromatic carbocycles. The molecule has 1 saturated heterocycles. The van der Waals surface area contributed by atoms with Crippen LogP contribution in [0.25, 0.3) is 0 Å². The number of aliphatic hydroxyl groups excluding tert-OH is 1. The molecule has 0 amide bonds. The third-order valence-corrected chi connectivity index (χ3v) is 9.90. The number of allylic oxidation sites excluding steroid dienone is 4. The quantitative estimate of drug-likeness (QED) is 0.589. The highest BCUT2D eigenvalue weighted by Gasteiger charge is 2.57. The first kappa shape index (κ1) is 20.3. The molecule has 3 saturated carbocycles. The van der Waals surface area contributed by atoms with Gasteiger partial charge in [-0.15, -0.1) is 0 Å². The SMILES string of the molecule is CC1CC2=CC(B3OC(C)(C)C(C)(C)O3)CC=C2[C@H]2CC[C@]3(C)[C@@H](O)CC[C@H]3[C@H]12. The number of hydrogen-bond acceptors (Lipinski definition) is 3. The second-order valence-corrected chi connectivity index (χ2v) is 12.0. The zero-order valence-corrected chi connectivity index (χ0v) is 19.2. The molecule has 4 heteroatoms. The van der Waals surface area contributed by atoms with Gasteiger partial charge in [-0.1, -0.05) is 26.0 Å². The molecule has 0 aromatic rings. The van der Waals surface area contributed by atoms with Crippen molar-refractivity contribution in [3.05, 3.63) is 23.3 Å². The Hall–Kier alpha value is -0.575. The summed E-state index contributed by atoms with van der Waals surface area (Å²) in [7, 11) is -0.141. The molecule has 1 heterocycles. The van der Waals surface area contributed by atoms with Gasteiger partial charge in [0.05, 0.1) is 17.3 Å². The van der Waals surface area contributed by atoms with E-state index in [-0.39, 0.29) is 29.8 Å². The first-order chi connectivity index (χ1) is 13.5. The van der Waals surface area contributed by atoms with Crippen molar-refractivity contribution in [2.75, 3.05) is 0 Å². The van der Waals surface area contributed by atoms with Crippen molar-refractivity contribution in [3.8, 4) is 0 Å². The van der Waals surface area contributed by atoms with Crippen LogP contribution in [0.1, 0.15) is 80.1 Å². The summed E-state index contributed by atoms with van der Waals surface area (Å²) in [6.07, 6.45) is 11.8. The Kier molecular flexibility index (Phi) is 4.53. The second-order valence-electron chi connectivity index (χ2n) is 12.0. The molecule has 7 atom stereocenters. The number of fused-ring (bicyclic) bond motifs is 5. The minimum Gasteiger partial charge on any atom is -0.403 e. The van der Waals surface area contributed by atoms with Crippen molar-refractivity contribution in [2.45, 2.75) is 103 Å². The minimum atomic E-state index is -0.262. The lowest BCUT2D eigenvalue weighted by molar-refractivity contribution is -0.0449. The molecule has 4 fully saturated rings. The Labute approximate surface area is 177 Å². The Bertz CT molecular complexity index is 737. The number of hydrogen-bond donors (Lipinski definition) is 1. The lowest BCUT2D eigenvalue weighted by Crippen LogP contribution is -2.48. The Morgan fingerprint density at radius 1 is 1.03 bits per heavy atom. The molecule has 0 spiro atoms. The third kappa shape index (κ3) is 2.88. The van der Waals surface area contributed by atoms with Crippen molar-refractivity contribution in [1.29, 1.82) is 0 Å². The monoisotopic (exact) mass is 398 g/mol. The first-order valence-electron chi connectivity index (χ1n) is 12.0. The molecule has 5 rings (SSSR count). The molecule has 3 nitrogen and oxygen atoms in total. The van der Waals surface area contributed by atoms with E-state index in [9.17, 15) is 5.11 Å². The summed E-state index contributed by atoms with van der Waals surface area (Å²) in [6, 6.07) is 0. The maximum atomic E-state index is 10.7. The lowest BCUT2D eigenvalue weighted by Gasteiger charge is -2.54. The fourth-order valence-electron chi connectivity index (χ4n) is 7.45. The van der Waals surface area contributed by atoms with Crippen LogP contribution in [0.5, 0.6) is 0 Å². The van der Waals surface area contributed by atoms with E-state index in [1.807, 2.05) is 0 Å². The van der Waals surface area contributed by atoms with E-state index in [0.29, 0.717) is 23.6 Å². The van der Waals surface area contributed by atoms with Crippen molar-refractivity contribution in [2.24, 2.45) is 29.1 Å². The molecule has 5 aliphatic rings. The highest BCUT2D eigenvalue weighted by Crippen LogP contribution is 2.63. The molecule has 160 valence electrons. The molecule has 1 aliphatic heterocycles. The van der Waals surface area contributed by atoms with Crippen molar-refractivity contribution >= 4 is 7.12 Å². The minimum absolute atomic E-state index is 0.0920. The highest BCUT2D eigenvalue weighted by atomic mass is 16.7. The van der Waals surface area contributed by atoms with Gasteiger partial charge in [-0.3, -0.25) is 0 Å². The van der Waals surface area contributed by atoms with E-state index in [2.05, 4.69) is 53.7 Å². The van der Waals surface area contributed by atoms with E-state index in [1.165, 1.54) is 25.7 Å². The Morgan fingerprint density at radius 2 is 1.72 bits per heavy atom. The summed E-state index contributed by atoms with van der Waals surface area (Å²) < 4.78 is 12.7. The topological polar surface area (TPSA) is 38.7 Å². The van der Waals surface area contributed by atoms with Gasteiger partial charge in [0.1, 0.15) is 0 Å². The van der Waals surface area contributed by atoms with Gasteiger partial charge < -0.3 is 14.4 Å². The molecule has 1 N–H and O–H groups in total. The summed E-state index contributed by atoms with van der Waals surface area (Å²) in [5.74, 6) is 3.13. The van der Waals surface area contributed by atoms with Gasteiger partial charge in [0.25, 0.3) is 0 Å². The predicted molar refractivity (Wildman–Crippen MR) is 117 cm³/mol. The zero-order valence-electron chi connectivity index (χ0n) is 19.2. The molecule has 29 heavy (non-hydrogen) atoms. The second kappa shape index (κ2) is 6.47. The summed E-state index contributed by atoms with van der Waals surface area (Å²) in [6.45, 7) is 13.4. The van der Waals surface area contributed by atoms with Crippen LogP contribution in [0.2, 0.25) is 5.82 Å². The predicted octanol–water partition coefficient (Wildman–Crippen LogP) is 5.55. The van der Waals surface area contributed by atoms with E-state index >= 15 is 0 Å². The molecular weight excluding hydrogens is 359 g/mol. The average Bonchev–Trinajstić information content (AvgIpc) is 3.06. The fourth-order valence-corrected chi connectivity index (χ4v) is 7.45. The largest absolute Gasteiger partial charge is 0.465 e. The molecular formula is C25H39BO3. The standard InChI is InChI=1S/C25H39BO3/c1-15-13-16-14-17(26-28-23(2,3)24(4,5)29-26)7-8-18(16)19-11-12-25(6)20(22(15)19)9-10-21(25)27/h8,14-15,17,19-22,27H,7,9-13H2,1-6H3/t15?,17?,19-,20+,21+,22-,25+/m1/s1. The van der Waals surface area contributed by atoms with Gasteiger partial charge in [0.15, 0.2) is 0 Å². The lowest BCUT2D eigenvalue weighted by atomic mass is 9.51. The van der Waals surface area contributed by atoms with Crippen LogP contribution in [0.15, 0.2) is 23.3 Å². The van der Waals surface area contributed by atoms with E-state index in [0.717, 1.165) is 18.8 Å². The number of aliphatic hydroxyl groups is 1. The van der Waals surface area contributed by atoms with Crippen LogP contribution in [-0.4, -0.2) is 29.5 Å². The summed E-state index contributed by atoms with van der Waals surface area (Å²) in [5.41, 5.74) is 2.82. The third-order valence-electron chi connectivity index (χ3n) is 9.90. The van der Waals surface area contributed by atoms with Crippen LogP contribution >= 0.6 is 0 Å². The normalized spacial score (nSPS) is 47.8. The van der Waals surface area contributed by atoms with Gasteiger partial charge in [-0.2, -0.15) is 0 Å². The molecule has 0 radical (unpaired) electrons. The first-order valence-corrected chi connectivity index (χ1v) is 12.0. The Morgan fingerprint density at radius 3 is 2.41 bits per heavy atom. The molecule has 0 aromatic heterocycles. The fraction of sp³-hybridized carbons (Fsp3) is 0.840. The van der Waals surface area contributed by atoms with E-state index in [1.54, 1.807) is 11.1 Å². The summed E-state index contributed by atoms with van der Waals surface area (Å²) in [5, 5.41) is 10.7. The van der Waals surface area contributed by atoms with Crippen molar-refractivity contribution < 1.29 is 14.4 Å². The zero-order chi connectivity index (χ0) is 20.8. The highest BCUT2D eigenvalue weighted by molar-refractivity contribution is 6.48. The Balaban J connectivity index is 1.38. The van der Waals surface area contributed by atoms with Crippen LogP contribution in [0, 0.1) is 29.1 Å². The van der Waals surface area contributed by atoms with Gasteiger partial charge >= 0.3 is 7.12 Å². The van der Waals surface area contributed by atoms with Crippen molar-refractivity contribution in [3.63, 3.8) is 0 Å². The van der Waals surface area contributed by atoms with Crippen LogP contribution in [0.3, 0.4) is 0 Å². The van der Waals surface area contributed by atoms with E-state index < -0.39 is 0 Å². The number of rotatable bonds is 1. The van der Waals surface area contributed by atoms with Gasteiger partial charge in [0.2, 0.25) is 0 Å². The summed E-state index contributed by atoms with van der Waals surface area (Å²) >= 11 is 0. The van der Waals surface area contributed by atoms with Crippen LogP contribution < -0.4 is 0 Å². The summed E-state index contributed by atoms with van der Waals surface area (Å²) in [4.78, 5) is 0. The van der Waals surface area contributed by atoms with Crippen LogP contribution in [-0.2, 0) is 9.31 Å². The smallest absolute Gasteiger partial charge is 0.403 e. The molecule has 2 unspecified atom stereocenters. The maximum absolute atomic E-state index is 10.7. The average molecular weight is 398 g/mol. The van der Waals surface area contributed by atoms with Gasteiger partial charge in [-0.05, 0) is 106 Å². The van der Waals surface area contributed by atoms with Gasteiger partial charge in [0, 0.05) is 5.82 Å².